The smallest absolute Gasteiger partial charge is 0.317 e. The first-order valence-electron chi connectivity index (χ1n) is 3.94. The van der Waals surface area contributed by atoms with Crippen LogP contribution >= 0.6 is 0 Å². The maximum Gasteiger partial charge on any atom is 0.317 e. The van der Waals surface area contributed by atoms with Gasteiger partial charge in [-0.15, -0.1) is 0 Å². The summed E-state index contributed by atoms with van der Waals surface area (Å²) in [5, 5.41) is 5.85. The number of nitrogens with one attached hydrogen (secondary N) is 2. The minimum absolute atomic E-state index is 0.0621. The third-order valence-corrected chi connectivity index (χ3v) is 1.93. The van der Waals surface area contributed by atoms with Gasteiger partial charge in [0, 0.05) is 25.7 Å². The zero-order valence-electron chi connectivity index (χ0n) is 7.05. The number of rotatable bonds is 3. The molecular weight excluding hydrogens is 142 g/mol. The molecule has 1 aliphatic rings. The molecule has 1 heterocycles. The molecular formula is C7H15N3O. The van der Waals surface area contributed by atoms with Gasteiger partial charge in [0.1, 0.15) is 0 Å². The van der Waals surface area contributed by atoms with Gasteiger partial charge in [0.2, 0.25) is 0 Å². The highest BCUT2D eigenvalue weighted by molar-refractivity contribution is 5.76. The van der Waals surface area contributed by atoms with Gasteiger partial charge in [-0.25, -0.2) is 4.79 Å². The number of carbonyl (C=O) groups is 1. The lowest BCUT2D eigenvalue weighted by molar-refractivity contribution is 0.213. The van der Waals surface area contributed by atoms with E-state index in [-0.39, 0.29) is 6.03 Å². The third-order valence-electron chi connectivity index (χ3n) is 1.93. The number of likely N-dealkylation sites (N-methyl/N-ethyl adjacent to an activating group) is 1. The van der Waals surface area contributed by atoms with Crippen LogP contribution < -0.4 is 10.6 Å². The van der Waals surface area contributed by atoms with Crippen LogP contribution in [0.4, 0.5) is 4.79 Å². The molecule has 0 aromatic heterocycles. The second-order valence-electron chi connectivity index (χ2n) is 2.87. The highest BCUT2D eigenvalue weighted by Gasteiger charge is 2.20. The van der Waals surface area contributed by atoms with E-state index in [1.54, 1.807) is 0 Å². The van der Waals surface area contributed by atoms with Crippen LogP contribution in [0, 0.1) is 0 Å². The normalized spacial score (nSPS) is 20.2. The Kier molecular flexibility index (Phi) is 2.70. The first kappa shape index (κ1) is 8.33. The predicted octanol–water partition coefficient (Wildman–Crippen LogP) is -0.380. The van der Waals surface area contributed by atoms with Crippen molar-refractivity contribution in [2.75, 3.05) is 26.7 Å². The fraction of sp³-hybridized carbons (Fsp3) is 0.857. The molecule has 0 bridgehead atoms. The molecule has 1 rings (SSSR count). The largest absolute Gasteiger partial charge is 0.336 e. The molecule has 0 aromatic rings. The molecule has 0 aliphatic carbocycles. The van der Waals surface area contributed by atoms with Crippen molar-refractivity contribution in [3.05, 3.63) is 0 Å². The summed E-state index contributed by atoms with van der Waals surface area (Å²) < 4.78 is 0. The molecule has 11 heavy (non-hydrogen) atoms. The summed E-state index contributed by atoms with van der Waals surface area (Å²) in [6.45, 7) is 4.48. The Hall–Kier alpha value is -0.770. The van der Waals surface area contributed by atoms with Gasteiger partial charge in [0.25, 0.3) is 0 Å². The summed E-state index contributed by atoms with van der Waals surface area (Å²) in [4.78, 5) is 12.8. The molecule has 1 aliphatic heterocycles. The molecule has 0 radical (unpaired) electrons. The van der Waals surface area contributed by atoms with E-state index in [9.17, 15) is 4.79 Å². The van der Waals surface area contributed by atoms with Crippen molar-refractivity contribution in [2.24, 2.45) is 0 Å². The molecule has 64 valence electrons. The summed E-state index contributed by atoms with van der Waals surface area (Å²) in [5.74, 6) is 0. The third kappa shape index (κ3) is 2.08. The Balaban J connectivity index is 2.30. The van der Waals surface area contributed by atoms with Crippen LogP contribution in [0.2, 0.25) is 0 Å². The van der Waals surface area contributed by atoms with Crippen LogP contribution in [-0.2, 0) is 0 Å². The zero-order valence-corrected chi connectivity index (χ0v) is 7.05. The number of amides is 2. The average Bonchev–Trinajstić information content (AvgIpc) is 2.37. The summed E-state index contributed by atoms with van der Waals surface area (Å²) >= 11 is 0. The molecule has 1 atom stereocenters. The van der Waals surface area contributed by atoms with Crippen molar-refractivity contribution in [1.82, 2.24) is 15.5 Å². The summed E-state index contributed by atoms with van der Waals surface area (Å²) in [6.07, 6.45) is 0. The Labute approximate surface area is 66.9 Å². The Bertz CT molecular complexity index is 149. The van der Waals surface area contributed by atoms with E-state index >= 15 is 0 Å². The van der Waals surface area contributed by atoms with Gasteiger partial charge < -0.3 is 15.5 Å². The monoisotopic (exact) mass is 157 g/mol. The lowest BCUT2D eigenvalue weighted by Crippen LogP contribution is -2.39. The van der Waals surface area contributed by atoms with Crippen LogP contribution in [0.3, 0.4) is 0 Å². The maximum absolute atomic E-state index is 11.0. The Morgan fingerprint density at radius 3 is 3.00 bits per heavy atom. The number of urea groups is 1. The number of hydrogen-bond acceptors (Lipinski definition) is 2. The summed E-state index contributed by atoms with van der Waals surface area (Å²) in [5.41, 5.74) is 0. The Morgan fingerprint density at radius 1 is 1.82 bits per heavy atom. The fourth-order valence-electron chi connectivity index (χ4n) is 1.11. The molecule has 2 amide bonds. The minimum atomic E-state index is 0.0621. The van der Waals surface area contributed by atoms with E-state index in [2.05, 4.69) is 17.6 Å². The van der Waals surface area contributed by atoms with Crippen LogP contribution in [0.15, 0.2) is 0 Å². The topological polar surface area (TPSA) is 44.4 Å². The van der Waals surface area contributed by atoms with Crippen LogP contribution in [0.5, 0.6) is 0 Å². The van der Waals surface area contributed by atoms with Crippen molar-refractivity contribution in [1.29, 1.82) is 0 Å². The van der Waals surface area contributed by atoms with Gasteiger partial charge in [-0.05, 0) is 14.0 Å². The molecule has 4 nitrogen and oxygen atoms in total. The quantitative estimate of drug-likeness (QED) is 0.586. The summed E-state index contributed by atoms with van der Waals surface area (Å²) in [7, 11) is 1.90. The lowest BCUT2D eigenvalue weighted by atomic mass is 10.3. The molecule has 1 unspecified atom stereocenters. The van der Waals surface area contributed by atoms with Crippen LogP contribution in [0.25, 0.3) is 0 Å². The van der Waals surface area contributed by atoms with E-state index in [1.165, 1.54) is 0 Å². The summed E-state index contributed by atoms with van der Waals surface area (Å²) in [6, 6.07) is 0.436. The first-order chi connectivity index (χ1) is 5.24. The molecule has 0 spiro atoms. The first-order valence-corrected chi connectivity index (χ1v) is 3.94. The van der Waals surface area contributed by atoms with Gasteiger partial charge in [-0.1, -0.05) is 0 Å². The van der Waals surface area contributed by atoms with Crippen molar-refractivity contribution in [3.8, 4) is 0 Å². The number of hydrogen-bond donors (Lipinski definition) is 2. The minimum Gasteiger partial charge on any atom is -0.336 e. The van der Waals surface area contributed by atoms with E-state index < -0.39 is 0 Å². The van der Waals surface area contributed by atoms with E-state index in [4.69, 9.17) is 0 Å². The highest BCUT2D eigenvalue weighted by atomic mass is 16.2. The van der Waals surface area contributed by atoms with E-state index in [0.29, 0.717) is 6.04 Å². The van der Waals surface area contributed by atoms with Crippen molar-refractivity contribution in [2.45, 2.75) is 13.0 Å². The molecule has 4 heteroatoms. The van der Waals surface area contributed by atoms with E-state index in [0.717, 1.165) is 19.6 Å². The number of carbonyl (C=O) groups excluding carboxylic acids is 1. The van der Waals surface area contributed by atoms with Crippen molar-refractivity contribution < 1.29 is 4.79 Å². The van der Waals surface area contributed by atoms with Gasteiger partial charge in [0.15, 0.2) is 0 Å². The molecule has 0 saturated carbocycles. The lowest BCUT2D eigenvalue weighted by Gasteiger charge is -2.18. The molecule has 1 fully saturated rings. The van der Waals surface area contributed by atoms with Crippen molar-refractivity contribution >= 4 is 6.03 Å². The Morgan fingerprint density at radius 2 is 2.55 bits per heavy atom. The van der Waals surface area contributed by atoms with Gasteiger partial charge >= 0.3 is 6.03 Å². The highest BCUT2D eigenvalue weighted by Crippen LogP contribution is 1.97. The second kappa shape index (κ2) is 3.57. The average molecular weight is 157 g/mol. The fourth-order valence-corrected chi connectivity index (χ4v) is 1.11. The molecule has 1 saturated heterocycles. The predicted molar refractivity (Wildman–Crippen MR) is 43.5 cm³/mol. The van der Waals surface area contributed by atoms with Gasteiger partial charge in [-0.2, -0.15) is 0 Å². The standard InChI is InChI=1S/C7H15N3O/c1-6(8-2)5-10-4-3-9-7(10)11/h6,8H,3-5H2,1-2H3,(H,9,11). The zero-order chi connectivity index (χ0) is 8.27. The second-order valence-corrected chi connectivity index (χ2v) is 2.87. The number of nitrogens with zero attached hydrogens (tertiary/aromatic N) is 1. The van der Waals surface area contributed by atoms with Crippen molar-refractivity contribution in [3.63, 3.8) is 0 Å². The van der Waals surface area contributed by atoms with Gasteiger partial charge in [0.05, 0.1) is 0 Å². The molecule has 2 N–H and O–H groups in total. The van der Waals surface area contributed by atoms with Crippen LogP contribution in [-0.4, -0.2) is 43.7 Å². The van der Waals surface area contributed by atoms with Crippen LogP contribution in [0.1, 0.15) is 6.92 Å². The maximum atomic E-state index is 11.0. The van der Waals surface area contributed by atoms with Gasteiger partial charge in [-0.3, -0.25) is 0 Å². The van der Waals surface area contributed by atoms with E-state index in [1.807, 2.05) is 11.9 Å². The SMILES string of the molecule is CNC(C)CN1CCNC1=O. The molecule has 0 aromatic carbocycles.